The Labute approximate surface area is 130 Å². The highest BCUT2D eigenvalue weighted by Crippen LogP contribution is 2.07. The Kier molecular flexibility index (Phi) is 3.79. The molecule has 0 amide bonds. The molecule has 3 nitrogen and oxygen atoms in total. The van der Waals surface area contributed by atoms with E-state index < -0.39 is 0 Å². The molecule has 2 aromatic heterocycles. The first-order valence-corrected chi connectivity index (χ1v) is 7.15. The monoisotopic (exact) mass is 371 g/mol. The molecular formula is C16H10IN3. The molecule has 0 atom stereocenters. The second kappa shape index (κ2) is 5.88. The van der Waals surface area contributed by atoms with Crippen LogP contribution in [0.2, 0.25) is 0 Å². The van der Waals surface area contributed by atoms with Crippen LogP contribution in [-0.2, 0) is 0 Å². The van der Waals surface area contributed by atoms with Crippen LogP contribution >= 0.6 is 22.6 Å². The fraction of sp³-hybridized carbons (Fsp3) is 0. The number of allylic oxidation sites excluding steroid dienone is 8. The number of aromatic nitrogens is 3. The second-order valence-electron chi connectivity index (χ2n) is 4.07. The van der Waals surface area contributed by atoms with E-state index in [9.17, 15) is 0 Å². The summed E-state index contributed by atoms with van der Waals surface area (Å²) in [6.45, 7) is 0. The molecule has 1 aliphatic rings. The zero-order chi connectivity index (χ0) is 13.8. The summed E-state index contributed by atoms with van der Waals surface area (Å²) >= 11 is 2.18. The number of rotatable bonds is 0. The van der Waals surface area contributed by atoms with Gasteiger partial charge in [0.05, 0.1) is 6.20 Å². The highest BCUT2D eigenvalue weighted by atomic mass is 127. The first-order chi connectivity index (χ1) is 9.83. The van der Waals surface area contributed by atoms with Crippen molar-refractivity contribution >= 4 is 28.2 Å². The van der Waals surface area contributed by atoms with Crippen LogP contribution < -0.4 is 0 Å². The molecule has 0 saturated heterocycles. The third-order valence-corrected chi connectivity index (χ3v) is 3.24. The van der Waals surface area contributed by atoms with E-state index >= 15 is 0 Å². The van der Waals surface area contributed by atoms with Crippen LogP contribution in [0.25, 0.3) is 5.65 Å². The Hall–Kier alpha value is -2.13. The molecule has 0 spiro atoms. The van der Waals surface area contributed by atoms with E-state index in [4.69, 9.17) is 0 Å². The van der Waals surface area contributed by atoms with Gasteiger partial charge in [-0.1, -0.05) is 36.3 Å². The second-order valence-corrected chi connectivity index (χ2v) is 5.18. The van der Waals surface area contributed by atoms with E-state index in [2.05, 4.69) is 44.5 Å². The molecule has 1 aliphatic carbocycles. The summed E-state index contributed by atoms with van der Waals surface area (Å²) in [6, 6.07) is 3.86. The molecule has 0 aromatic carbocycles. The first kappa shape index (κ1) is 12.9. The maximum absolute atomic E-state index is 4.41. The van der Waals surface area contributed by atoms with Gasteiger partial charge in [0.2, 0.25) is 0 Å². The normalized spacial score (nSPS) is 20.9. The Bertz CT molecular complexity index is 826. The molecule has 0 aliphatic heterocycles. The minimum atomic E-state index is 0.786. The Morgan fingerprint density at radius 1 is 1.00 bits per heavy atom. The first-order valence-electron chi connectivity index (χ1n) is 6.07. The number of fused-ring (bicyclic) bond motifs is 1. The summed E-state index contributed by atoms with van der Waals surface area (Å²) in [7, 11) is 0. The third kappa shape index (κ3) is 2.89. The van der Waals surface area contributed by atoms with Crippen molar-refractivity contribution in [2.45, 2.75) is 0 Å². The summed E-state index contributed by atoms with van der Waals surface area (Å²) in [5.74, 6) is 6.26. The van der Waals surface area contributed by atoms with Crippen molar-refractivity contribution in [2.24, 2.45) is 0 Å². The highest BCUT2D eigenvalue weighted by Gasteiger charge is 2.01. The molecule has 2 aromatic rings. The molecule has 0 radical (unpaired) electrons. The van der Waals surface area contributed by atoms with Crippen LogP contribution in [0.15, 0.2) is 66.4 Å². The average Bonchev–Trinajstić information content (AvgIpc) is 2.80. The molecule has 96 valence electrons. The van der Waals surface area contributed by atoms with Crippen molar-refractivity contribution in [2.75, 3.05) is 0 Å². The smallest absolute Gasteiger partial charge is 0.155 e. The van der Waals surface area contributed by atoms with Gasteiger partial charge in [0.25, 0.3) is 0 Å². The fourth-order valence-electron chi connectivity index (χ4n) is 1.72. The van der Waals surface area contributed by atoms with Gasteiger partial charge in [-0.3, -0.25) is 0 Å². The topological polar surface area (TPSA) is 30.2 Å². The lowest BCUT2D eigenvalue weighted by Gasteiger charge is -1.94. The molecule has 3 rings (SSSR count). The number of nitrogens with zero attached hydrogens (tertiary/aromatic N) is 3. The van der Waals surface area contributed by atoms with Gasteiger partial charge in [-0.25, -0.2) is 9.50 Å². The van der Waals surface area contributed by atoms with Gasteiger partial charge in [-0.15, -0.1) is 0 Å². The summed E-state index contributed by atoms with van der Waals surface area (Å²) in [5, 5.41) is 4.41. The molecule has 20 heavy (non-hydrogen) atoms. The Balaban J connectivity index is 1.98. The van der Waals surface area contributed by atoms with Crippen molar-refractivity contribution < 1.29 is 0 Å². The van der Waals surface area contributed by atoms with Crippen LogP contribution in [0.1, 0.15) is 5.69 Å². The van der Waals surface area contributed by atoms with E-state index in [1.165, 1.54) is 0 Å². The predicted octanol–water partition coefficient (Wildman–Crippen LogP) is 3.29. The maximum Gasteiger partial charge on any atom is 0.155 e. The van der Waals surface area contributed by atoms with Gasteiger partial charge in [-0.05, 0) is 52.8 Å². The summed E-state index contributed by atoms with van der Waals surface area (Å²) in [6.07, 6.45) is 15.6. The molecule has 0 fully saturated rings. The van der Waals surface area contributed by atoms with Gasteiger partial charge in [0.15, 0.2) is 5.65 Å². The van der Waals surface area contributed by atoms with Gasteiger partial charge in [0.1, 0.15) is 9.39 Å². The van der Waals surface area contributed by atoms with Crippen molar-refractivity contribution in [1.82, 2.24) is 14.6 Å². The van der Waals surface area contributed by atoms with E-state index in [0.717, 1.165) is 20.6 Å². The Morgan fingerprint density at radius 3 is 2.80 bits per heavy atom. The minimum Gasteiger partial charge on any atom is -0.234 e. The van der Waals surface area contributed by atoms with E-state index in [1.807, 2.05) is 54.7 Å². The number of imidazole rings is 1. The van der Waals surface area contributed by atoms with Crippen LogP contribution in [0.3, 0.4) is 0 Å². The largest absolute Gasteiger partial charge is 0.234 e. The molecule has 0 N–H and O–H groups in total. The van der Waals surface area contributed by atoms with Gasteiger partial charge >= 0.3 is 0 Å². The SMILES string of the molecule is Ic1ccc2ncc(C#CC3=C/C=C\C=C/C=C\3)n2n1. The number of hydrogen-bond acceptors (Lipinski definition) is 2. The summed E-state index contributed by atoms with van der Waals surface area (Å²) in [5.41, 5.74) is 2.54. The van der Waals surface area contributed by atoms with E-state index in [0.29, 0.717) is 0 Å². The zero-order valence-corrected chi connectivity index (χ0v) is 12.7. The zero-order valence-electron chi connectivity index (χ0n) is 10.5. The van der Waals surface area contributed by atoms with E-state index in [1.54, 1.807) is 10.7 Å². The standard InChI is InChI=1S/C16H10IN3/c17-15-10-11-16-18-12-14(20(16)19-15)9-8-13-6-4-2-1-3-5-7-13/h1-7,10-12H/b2-1-,3-1?,4-2?,5-3-,6-4-,7-5?,13-6?,13-7+. The van der Waals surface area contributed by atoms with Crippen molar-refractivity contribution in [3.8, 4) is 11.8 Å². The summed E-state index contributed by atoms with van der Waals surface area (Å²) in [4.78, 5) is 4.29. The molecule has 0 bridgehead atoms. The fourth-order valence-corrected chi connectivity index (χ4v) is 2.12. The van der Waals surface area contributed by atoms with Crippen molar-refractivity contribution in [1.29, 1.82) is 0 Å². The summed E-state index contributed by atoms with van der Waals surface area (Å²) < 4.78 is 2.67. The molecular weight excluding hydrogens is 361 g/mol. The quantitative estimate of drug-likeness (QED) is 0.526. The van der Waals surface area contributed by atoms with Crippen LogP contribution in [-0.4, -0.2) is 14.6 Å². The lowest BCUT2D eigenvalue weighted by molar-refractivity contribution is 0.903. The number of hydrogen-bond donors (Lipinski definition) is 0. The molecule has 0 saturated carbocycles. The van der Waals surface area contributed by atoms with Crippen molar-refractivity contribution in [3.05, 3.63) is 75.8 Å². The minimum absolute atomic E-state index is 0.786. The molecule has 0 unspecified atom stereocenters. The van der Waals surface area contributed by atoms with Gasteiger partial charge in [0, 0.05) is 5.57 Å². The van der Waals surface area contributed by atoms with Crippen LogP contribution in [0.4, 0.5) is 0 Å². The predicted molar refractivity (Wildman–Crippen MR) is 88.1 cm³/mol. The number of halogens is 1. The lowest BCUT2D eigenvalue weighted by Crippen LogP contribution is -1.96. The molecule has 4 heteroatoms. The average molecular weight is 371 g/mol. The van der Waals surface area contributed by atoms with Gasteiger partial charge in [-0.2, -0.15) is 5.10 Å². The van der Waals surface area contributed by atoms with E-state index in [-0.39, 0.29) is 0 Å². The lowest BCUT2D eigenvalue weighted by atomic mass is 10.2. The Morgan fingerprint density at radius 2 is 1.85 bits per heavy atom. The maximum atomic E-state index is 4.41. The van der Waals surface area contributed by atoms with Crippen LogP contribution in [0.5, 0.6) is 0 Å². The molecule has 2 heterocycles. The van der Waals surface area contributed by atoms with Crippen LogP contribution in [0, 0.1) is 15.5 Å². The van der Waals surface area contributed by atoms with Gasteiger partial charge < -0.3 is 0 Å². The highest BCUT2D eigenvalue weighted by molar-refractivity contribution is 14.1. The third-order valence-electron chi connectivity index (χ3n) is 2.66. The van der Waals surface area contributed by atoms with Crippen molar-refractivity contribution in [3.63, 3.8) is 0 Å².